The molecule has 0 saturated heterocycles. The van der Waals surface area contributed by atoms with Gasteiger partial charge in [0.25, 0.3) is 0 Å². The van der Waals surface area contributed by atoms with Gasteiger partial charge in [-0.15, -0.1) is 0 Å². The third kappa shape index (κ3) is 4.92. The van der Waals surface area contributed by atoms with Gasteiger partial charge < -0.3 is 14.8 Å². The second-order valence-electron chi connectivity index (χ2n) is 6.93. The van der Waals surface area contributed by atoms with Gasteiger partial charge in [0, 0.05) is 43.1 Å². The Hall–Kier alpha value is -1.82. The summed E-state index contributed by atoms with van der Waals surface area (Å²) in [6.07, 6.45) is 2.11. The molecule has 0 saturated carbocycles. The molecule has 1 atom stereocenters. The Kier molecular flexibility index (Phi) is 6.94. The second-order valence-corrected chi connectivity index (χ2v) is 7.36. The largest absolute Gasteiger partial charge is 0.354 e. The predicted octanol–water partition coefficient (Wildman–Crippen LogP) is 3.00. The third-order valence-corrected chi connectivity index (χ3v) is 5.57. The molecular formula is C21H29ClN4O. The van der Waals surface area contributed by atoms with E-state index in [9.17, 15) is 4.79 Å². The van der Waals surface area contributed by atoms with Crippen molar-refractivity contribution in [1.82, 2.24) is 19.7 Å². The highest BCUT2D eigenvalue weighted by Crippen LogP contribution is 2.32. The molecule has 1 aliphatic rings. The maximum absolute atomic E-state index is 12.6. The molecule has 1 aromatic carbocycles. The molecular weight excluding hydrogens is 360 g/mol. The minimum absolute atomic E-state index is 0.0690. The number of likely N-dealkylation sites (N-methyl/N-ethyl adjacent to an activating group) is 1. The van der Waals surface area contributed by atoms with Crippen LogP contribution in [0.5, 0.6) is 0 Å². The third-order valence-electron chi connectivity index (χ3n) is 5.32. The average molecular weight is 389 g/mol. The number of hydrogen-bond acceptors (Lipinski definition) is 3. The first-order chi connectivity index (χ1) is 13.1. The van der Waals surface area contributed by atoms with Crippen molar-refractivity contribution < 1.29 is 4.79 Å². The highest BCUT2D eigenvalue weighted by atomic mass is 35.5. The molecule has 0 fully saturated rings. The van der Waals surface area contributed by atoms with E-state index in [4.69, 9.17) is 11.6 Å². The topological polar surface area (TPSA) is 40.5 Å². The van der Waals surface area contributed by atoms with Crippen LogP contribution in [0.25, 0.3) is 0 Å². The monoisotopic (exact) mass is 388 g/mol. The summed E-state index contributed by atoms with van der Waals surface area (Å²) in [6, 6.07) is 12.2. The maximum atomic E-state index is 12.6. The van der Waals surface area contributed by atoms with Crippen molar-refractivity contribution in [3.8, 4) is 0 Å². The van der Waals surface area contributed by atoms with Crippen molar-refractivity contribution in [3.63, 3.8) is 0 Å². The molecule has 0 bridgehead atoms. The summed E-state index contributed by atoms with van der Waals surface area (Å²) in [5.41, 5.74) is 2.38. The van der Waals surface area contributed by atoms with E-state index in [1.165, 1.54) is 5.69 Å². The number of rotatable bonds is 8. The van der Waals surface area contributed by atoms with Gasteiger partial charge in [-0.3, -0.25) is 9.69 Å². The van der Waals surface area contributed by atoms with Gasteiger partial charge in [-0.1, -0.05) is 37.6 Å². The van der Waals surface area contributed by atoms with Crippen LogP contribution in [0.1, 0.15) is 31.1 Å². The Morgan fingerprint density at radius 1 is 1.19 bits per heavy atom. The highest BCUT2D eigenvalue weighted by Gasteiger charge is 2.29. The minimum atomic E-state index is 0.0690. The molecule has 6 heteroatoms. The summed E-state index contributed by atoms with van der Waals surface area (Å²) in [7, 11) is 0. The molecule has 5 nitrogen and oxygen atoms in total. The Balaban J connectivity index is 1.68. The molecule has 1 N–H and O–H groups in total. The molecule has 3 rings (SSSR count). The molecule has 27 heavy (non-hydrogen) atoms. The number of halogens is 1. The number of fused-ring (bicyclic) bond motifs is 1. The fourth-order valence-corrected chi connectivity index (χ4v) is 3.89. The van der Waals surface area contributed by atoms with E-state index in [1.54, 1.807) is 0 Å². The minimum Gasteiger partial charge on any atom is -0.354 e. The fraction of sp³-hybridized carbons (Fsp3) is 0.476. The van der Waals surface area contributed by atoms with Gasteiger partial charge in [0.1, 0.15) is 0 Å². The first-order valence-corrected chi connectivity index (χ1v) is 10.1. The van der Waals surface area contributed by atoms with Crippen LogP contribution in [0.2, 0.25) is 5.02 Å². The van der Waals surface area contributed by atoms with Gasteiger partial charge in [0.15, 0.2) is 0 Å². The Morgan fingerprint density at radius 3 is 2.63 bits per heavy atom. The van der Waals surface area contributed by atoms with Crippen molar-refractivity contribution in [1.29, 1.82) is 0 Å². The summed E-state index contributed by atoms with van der Waals surface area (Å²) in [5.74, 6) is 0.0844. The van der Waals surface area contributed by atoms with Crippen LogP contribution in [0.4, 0.5) is 0 Å². The van der Waals surface area contributed by atoms with Crippen LogP contribution < -0.4 is 5.32 Å². The molecule has 1 unspecified atom stereocenters. The van der Waals surface area contributed by atoms with Crippen LogP contribution in [0.3, 0.4) is 0 Å². The van der Waals surface area contributed by atoms with E-state index in [-0.39, 0.29) is 11.9 Å². The zero-order valence-corrected chi connectivity index (χ0v) is 17.0. The van der Waals surface area contributed by atoms with Crippen LogP contribution >= 0.6 is 11.6 Å². The lowest BCUT2D eigenvalue weighted by molar-refractivity contribution is -0.122. The van der Waals surface area contributed by atoms with E-state index in [2.05, 4.69) is 64.0 Å². The van der Waals surface area contributed by atoms with Crippen molar-refractivity contribution in [2.45, 2.75) is 26.4 Å². The number of hydrogen-bond donors (Lipinski definition) is 1. The van der Waals surface area contributed by atoms with Crippen LogP contribution in [0.15, 0.2) is 42.6 Å². The lowest BCUT2D eigenvalue weighted by Crippen LogP contribution is -2.45. The second kappa shape index (κ2) is 9.40. The molecule has 2 aromatic rings. The van der Waals surface area contributed by atoms with E-state index in [0.29, 0.717) is 13.1 Å². The van der Waals surface area contributed by atoms with Gasteiger partial charge in [0.2, 0.25) is 5.91 Å². The average Bonchev–Trinajstić information content (AvgIpc) is 3.15. The molecule has 1 aromatic heterocycles. The van der Waals surface area contributed by atoms with Crippen molar-refractivity contribution in [3.05, 3.63) is 58.9 Å². The summed E-state index contributed by atoms with van der Waals surface area (Å²) in [4.78, 5) is 17.1. The zero-order chi connectivity index (χ0) is 19.2. The van der Waals surface area contributed by atoms with E-state index < -0.39 is 0 Å². The van der Waals surface area contributed by atoms with Crippen LogP contribution in [0, 0.1) is 0 Å². The molecule has 2 heterocycles. The van der Waals surface area contributed by atoms with Crippen molar-refractivity contribution >= 4 is 17.5 Å². The molecule has 0 radical (unpaired) electrons. The number of nitrogens with zero attached hydrogens (tertiary/aromatic N) is 3. The molecule has 1 aliphatic heterocycles. The molecule has 146 valence electrons. The van der Waals surface area contributed by atoms with Crippen molar-refractivity contribution in [2.24, 2.45) is 0 Å². The quantitative estimate of drug-likeness (QED) is 0.755. The number of benzene rings is 1. The predicted molar refractivity (Wildman–Crippen MR) is 110 cm³/mol. The fourth-order valence-electron chi connectivity index (χ4n) is 3.76. The lowest BCUT2D eigenvalue weighted by Gasteiger charge is -2.37. The zero-order valence-electron chi connectivity index (χ0n) is 16.2. The standard InChI is InChI=1S/C21H29ClN4O/c1-3-24(4-2)13-11-23-20(27)16-26-15-14-25-12-5-6-19(25)21(26)17-7-9-18(22)10-8-17/h5-10,12,21H,3-4,11,13-16H2,1-2H3,(H,23,27). The summed E-state index contributed by atoms with van der Waals surface area (Å²) in [5, 5.41) is 3.81. The SMILES string of the molecule is CCN(CC)CCNC(=O)CN1CCn2cccc2C1c1ccc(Cl)cc1. The number of nitrogens with one attached hydrogen (secondary N) is 1. The van der Waals surface area contributed by atoms with Gasteiger partial charge in [-0.2, -0.15) is 0 Å². The van der Waals surface area contributed by atoms with E-state index in [1.807, 2.05) is 12.1 Å². The summed E-state index contributed by atoms with van der Waals surface area (Å²) < 4.78 is 2.27. The smallest absolute Gasteiger partial charge is 0.234 e. The first-order valence-electron chi connectivity index (χ1n) is 9.76. The summed E-state index contributed by atoms with van der Waals surface area (Å²) >= 11 is 6.07. The van der Waals surface area contributed by atoms with Gasteiger partial charge in [-0.05, 0) is 42.9 Å². The number of aromatic nitrogens is 1. The van der Waals surface area contributed by atoms with Gasteiger partial charge >= 0.3 is 0 Å². The number of carbonyl (C=O) groups excluding carboxylic acids is 1. The molecule has 0 spiro atoms. The van der Waals surface area contributed by atoms with Crippen LogP contribution in [-0.4, -0.2) is 59.5 Å². The summed E-state index contributed by atoms with van der Waals surface area (Å²) in [6.45, 7) is 10.0. The van der Waals surface area contributed by atoms with Crippen molar-refractivity contribution in [2.75, 3.05) is 39.3 Å². The lowest BCUT2D eigenvalue weighted by atomic mass is 10.00. The highest BCUT2D eigenvalue weighted by molar-refractivity contribution is 6.30. The first kappa shape index (κ1) is 19.9. The van der Waals surface area contributed by atoms with Gasteiger partial charge in [0.05, 0.1) is 12.6 Å². The molecule has 1 amide bonds. The Labute approximate surface area is 166 Å². The van der Waals surface area contributed by atoms with E-state index >= 15 is 0 Å². The van der Waals surface area contributed by atoms with Gasteiger partial charge in [-0.25, -0.2) is 0 Å². The Bertz CT molecular complexity index is 739. The Morgan fingerprint density at radius 2 is 1.93 bits per heavy atom. The van der Waals surface area contributed by atoms with Crippen LogP contribution in [-0.2, 0) is 11.3 Å². The normalized spacial score (nSPS) is 17.1. The number of amides is 1. The number of carbonyl (C=O) groups is 1. The maximum Gasteiger partial charge on any atom is 0.234 e. The van der Waals surface area contributed by atoms with E-state index in [0.717, 1.165) is 43.3 Å². The molecule has 0 aliphatic carbocycles.